The SMILES string of the molecule is CC(C)CC(CNC(=O)N(C)Cc1cscn1)C(=O)O. The molecule has 2 N–H and O–H groups in total. The summed E-state index contributed by atoms with van der Waals surface area (Å²) in [5.74, 6) is -1.14. The number of carbonyl (C=O) groups is 2. The van der Waals surface area contributed by atoms with Gasteiger partial charge in [0.05, 0.1) is 23.7 Å². The Kier molecular flexibility index (Phi) is 6.44. The third-order valence-corrected chi connectivity index (χ3v) is 3.47. The van der Waals surface area contributed by atoms with Crippen molar-refractivity contribution in [2.75, 3.05) is 13.6 Å². The lowest BCUT2D eigenvalue weighted by Gasteiger charge is -2.20. The minimum Gasteiger partial charge on any atom is -0.481 e. The van der Waals surface area contributed by atoms with Crippen molar-refractivity contribution in [3.63, 3.8) is 0 Å². The van der Waals surface area contributed by atoms with Gasteiger partial charge in [-0.2, -0.15) is 0 Å². The highest BCUT2D eigenvalue weighted by Gasteiger charge is 2.20. The van der Waals surface area contributed by atoms with Crippen LogP contribution in [-0.2, 0) is 11.3 Å². The molecule has 1 heterocycles. The van der Waals surface area contributed by atoms with Gasteiger partial charge in [0.1, 0.15) is 0 Å². The molecule has 1 aromatic heterocycles. The molecule has 6 nitrogen and oxygen atoms in total. The summed E-state index contributed by atoms with van der Waals surface area (Å²) in [6.45, 7) is 4.49. The van der Waals surface area contributed by atoms with E-state index >= 15 is 0 Å². The average Bonchev–Trinajstić information content (AvgIpc) is 2.85. The number of aromatic nitrogens is 1. The largest absolute Gasteiger partial charge is 0.481 e. The normalized spacial score (nSPS) is 12.2. The van der Waals surface area contributed by atoms with E-state index in [1.54, 1.807) is 12.6 Å². The van der Waals surface area contributed by atoms with Crippen molar-refractivity contribution in [3.8, 4) is 0 Å². The first kappa shape index (κ1) is 16.4. The zero-order valence-corrected chi connectivity index (χ0v) is 12.8. The monoisotopic (exact) mass is 299 g/mol. The fraction of sp³-hybridized carbons (Fsp3) is 0.615. The van der Waals surface area contributed by atoms with Crippen LogP contribution in [0.15, 0.2) is 10.9 Å². The quantitative estimate of drug-likeness (QED) is 0.807. The van der Waals surface area contributed by atoms with Crippen molar-refractivity contribution in [3.05, 3.63) is 16.6 Å². The van der Waals surface area contributed by atoms with E-state index in [1.165, 1.54) is 16.2 Å². The molecule has 1 aromatic rings. The second-order valence-electron chi connectivity index (χ2n) is 5.19. The fourth-order valence-corrected chi connectivity index (χ4v) is 2.37. The van der Waals surface area contributed by atoms with Crippen LogP contribution in [0.2, 0.25) is 0 Å². The number of carboxylic acid groups (broad SMARTS) is 1. The first-order valence-electron chi connectivity index (χ1n) is 6.49. The average molecular weight is 299 g/mol. The van der Waals surface area contributed by atoms with Gasteiger partial charge in [0.15, 0.2) is 0 Å². The number of carbonyl (C=O) groups excluding carboxylic acids is 1. The van der Waals surface area contributed by atoms with Crippen LogP contribution in [0.3, 0.4) is 0 Å². The first-order chi connectivity index (χ1) is 9.40. The Morgan fingerprint density at radius 2 is 2.20 bits per heavy atom. The van der Waals surface area contributed by atoms with E-state index in [0.29, 0.717) is 13.0 Å². The number of rotatable bonds is 7. The van der Waals surface area contributed by atoms with E-state index in [0.717, 1.165) is 5.69 Å². The molecule has 0 aliphatic heterocycles. The molecule has 0 saturated heterocycles. The predicted molar refractivity (Wildman–Crippen MR) is 77.6 cm³/mol. The van der Waals surface area contributed by atoms with Gasteiger partial charge in [-0.15, -0.1) is 11.3 Å². The molecule has 0 spiro atoms. The van der Waals surface area contributed by atoms with E-state index in [9.17, 15) is 9.59 Å². The van der Waals surface area contributed by atoms with Crippen LogP contribution in [0.4, 0.5) is 4.79 Å². The minimum atomic E-state index is -0.874. The Morgan fingerprint density at radius 3 is 2.70 bits per heavy atom. The third kappa shape index (κ3) is 5.56. The summed E-state index contributed by atoms with van der Waals surface area (Å²) in [6, 6.07) is -0.284. The maximum absolute atomic E-state index is 11.9. The van der Waals surface area contributed by atoms with Crippen molar-refractivity contribution < 1.29 is 14.7 Å². The summed E-state index contributed by atoms with van der Waals surface area (Å²) in [5, 5.41) is 13.6. The number of amides is 2. The van der Waals surface area contributed by atoms with Crippen LogP contribution >= 0.6 is 11.3 Å². The molecule has 2 amide bonds. The summed E-state index contributed by atoms with van der Waals surface area (Å²) in [7, 11) is 1.66. The van der Waals surface area contributed by atoms with Crippen LogP contribution in [0, 0.1) is 11.8 Å². The number of hydrogen-bond donors (Lipinski definition) is 2. The van der Waals surface area contributed by atoms with Gasteiger partial charge in [-0.1, -0.05) is 13.8 Å². The van der Waals surface area contributed by atoms with E-state index in [-0.39, 0.29) is 18.5 Å². The molecule has 1 rings (SSSR count). The first-order valence-corrected chi connectivity index (χ1v) is 7.43. The number of aliphatic carboxylic acids is 1. The highest BCUT2D eigenvalue weighted by molar-refractivity contribution is 7.07. The summed E-state index contributed by atoms with van der Waals surface area (Å²) in [6.07, 6.45) is 0.547. The van der Waals surface area contributed by atoms with E-state index in [2.05, 4.69) is 10.3 Å². The summed E-state index contributed by atoms with van der Waals surface area (Å²) in [5.41, 5.74) is 2.54. The highest BCUT2D eigenvalue weighted by atomic mass is 32.1. The van der Waals surface area contributed by atoms with Crippen LogP contribution < -0.4 is 5.32 Å². The smallest absolute Gasteiger partial charge is 0.317 e. The lowest BCUT2D eigenvalue weighted by atomic mass is 9.97. The standard InChI is InChI=1S/C13H21N3O3S/c1-9(2)4-10(12(17)18)5-14-13(19)16(3)6-11-7-20-8-15-11/h7-10H,4-6H2,1-3H3,(H,14,19)(H,17,18). The fourth-order valence-electron chi connectivity index (χ4n) is 1.82. The van der Waals surface area contributed by atoms with Gasteiger partial charge < -0.3 is 15.3 Å². The van der Waals surface area contributed by atoms with E-state index in [4.69, 9.17) is 5.11 Å². The molecule has 112 valence electrons. The van der Waals surface area contributed by atoms with Crippen molar-refractivity contribution in [1.82, 2.24) is 15.2 Å². The number of carboxylic acids is 1. The number of urea groups is 1. The summed E-state index contributed by atoms with van der Waals surface area (Å²) in [4.78, 5) is 28.6. The van der Waals surface area contributed by atoms with Crippen LogP contribution in [0.25, 0.3) is 0 Å². The molecule has 0 bridgehead atoms. The molecule has 0 aliphatic carbocycles. The number of nitrogens with one attached hydrogen (secondary N) is 1. The topological polar surface area (TPSA) is 82.5 Å². The Hall–Kier alpha value is -1.63. The van der Waals surface area contributed by atoms with E-state index in [1.807, 2.05) is 19.2 Å². The summed E-state index contributed by atoms with van der Waals surface area (Å²) >= 11 is 1.48. The second-order valence-corrected chi connectivity index (χ2v) is 5.91. The third-order valence-electron chi connectivity index (χ3n) is 2.83. The highest BCUT2D eigenvalue weighted by Crippen LogP contribution is 2.11. The van der Waals surface area contributed by atoms with Gasteiger partial charge in [-0.25, -0.2) is 9.78 Å². The molecule has 1 unspecified atom stereocenters. The maximum Gasteiger partial charge on any atom is 0.317 e. The van der Waals surface area contributed by atoms with Gasteiger partial charge in [-0.05, 0) is 12.3 Å². The molecule has 0 aliphatic rings. The van der Waals surface area contributed by atoms with Gasteiger partial charge in [0.2, 0.25) is 0 Å². The summed E-state index contributed by atoms with van der Waals surface area (Å²) < 4.78 is 0. The van der Waals surface area contributed by atoms with Gasteiger partial charge in [0.25, 0.3) is 0 Å². The van der Waals surface area contributed by atoms with Gasteiger partial charge in [0, 0.05) is 19.0 Å². The number of nitrogens with zero attached hydrogens (tertiary/aromatic N) is 2. The van der Waals surface area contributed by atoms with Crippen LogP contribution in [0.5, 0.6) is 0 Å². The molecule has 0 fully saturated rings. The Labute approximate surface area is 122 Å². The van der Waals surface area contributed by atoms with Gasteiger partial charge in [-0.3, -0.25) is 4.79 Å². The molecule has 7 heteroatoms. The van der Waals surface area contributed by atoms with Crippen molar-refractivity contribution in [2.45, 2.75) is 26.8 Å². The van der Waals surface area contributed by atoms with Crippen molar-refractivity contribution in [1.29, 1.82) is 0 Å². The minimum absolute atomic E-state index is 0.147. The molecule has 0 saturated carbocycles. The molecule has 20 heavy (non-hydrogen) atoms. The van der Waals surface area contributed by atoms with Crippen molar-refractivity contribution in [2.24, 2.45) is 11.8 Å². The second kappa shape index (κ2) is 7.84. The van der Waals surface area contributed by atoms with E-state index < -0.39 is 11.9 Å². The van der Waals surface area contributed by atoms with Crippen LogP contribution in [0.1, 0.15) is 26.0 Å². The Bertz CT molecular complexity index is 434. The molecular formula is C13H21N3O3S. The van der Waals surface area contributed by atoms with Gasteiger partial charge >= 0.3 is 12.0 Å². The molecule has 0 radical (unpaired) electrons. The lowest BCUT2D eigenvalue weighted by molar-refractivity contribution is -0.142. The number of thiazole rings is 1. The Balaban J connectivity index is 2.42. The number of hydrogen-bond acceptors (Lipinski definition) is 4. The predicted octanol–water partition coefficient (Wildman–Crippen LogP) is 2.03. The zero-order valence-electron chi connectivity index (χ0n) is 12.0. The van der Waals surface area contributed by atoms with Crippen molar-refractivity contribution >= 4 is 23.3 Å². The zero-order chi connectivity index (χ0) is 15.1. The molecule has 0 aromatic carbocycles. The molecule has 1 atom stereocenters. The lowest BCUT2D eigenvalue weighted by Crippen LogP contribution is -2.41. The van der Waals surface area contributed by atoms with Crippen LogP contribution in [-0.4, -0.2) is 40.6 Å². The maximum atomic E-state index is 11.9. The molecular weight excluding hydrogens is 278 g/mol. The Morgan fingerprint density at radius 1 is 1.50 bits per heavy atom.